The fourth-order valence-electron chi connectivity index (χ4n) is 3.48. The zero-order valence-electron chi connectivity index (χ0n) is 18.2. The van der Waals surface area contributed by atoms with Crippen molar-refractivity contribution in [1.82, 2.24) is 0 Å². The molecule has 1 aromatic carbocycles. The number of aliphatic carboxylic acids is 1. The lowest BCUT2D eigenvalue weighted by Gasteiger charge is -2.33. The van der Waals surface area contributed by atoms with Gasteiger partial charge < -0.3 is 14.6 Å². The van der Waals surface area contributed by atoms with Crippen molar-refractivity contribution in [3.8, 4) is 5.75 Å². The lowest BCUT2D eigenvalue weighted by Crippen LogP contribution is -2.41. The minimum Gasteiger partial charge on any atom is -0.496 e. The normalized spacial score (nSPS) is 19.5. The number of methoxy groups -OCH3 is 1. The van der Waals surface area contributed by atoms with Crippen molar-refractivity contribution in [2.75, 3.05) is 7.11 Å². The Kier molecular flexibility index (Phi) is 7.36. The molecule has 0 saturated heterocycles. The van der Waals surface area contributed by atoms with E-state index in [1.54, 1.807) is 0 Å². The van der Waals surface area contributed by atoms with E-state index in [1.165, 1.54) is 21.0 Å². The Morgan fingerprint density at radius 1 is 1.19 bits per heavy atom. The molecule has 0 heterocycles. The Labute approximate surface area is 179 Å². The second-order valence-corrected chi connectivity index (χ2v) is 8.18. The number of allylic oxidation sites excluding steroid dienone is 2. The summed E-state index contributed by atoms with van der Waals surface area (Å²) < 4.78 is 49.4. The van der Waals surface area contributed by atoms with Crippen LogP contribution in [-0.4, -0.2) is 35.7 Å². The SMILES string of the molecule is COc1cc(C(F)(F)F)ccc1C(=O)CCC1=CC(C)C(OC(C)(C)C(=O)O)C(C)=C1. The van der Waals surface area contributed by atoms with Crippen molar-refractivity contribution in [3.05, 3.63) is 52.6 Å². The van der Waals surface area contributed by atoms with Gasteiger partial charge in [0.2, 0.25) is 0 Å². The number of Topliss-reactive ketones (excluding diaryl/α,β-unsaturated/α-hetero) is 1. The average Bonchev–Trinajstić information content (AvgIpc) is 2.67. The third kappa shape index (κ3) is 5.97. The fraction of sp³-hybridized carbons (Fsp3) is 0.478. The zero-order valence-corrected chi connectivity index (χ0v) is 18.2. The standard InChI is InChI=1S/C23H27F3O5/c1-13-10-15(11-14(2)20(13)31-22(3,4)21(28)29)6-9-18(27)17-8-7-16(23(24,25)26)12-19(17)30-5/h7-8,10-13,20H,6,9H2,1-5H3,(H,28,29). The molecular formula is C23H27F3O5. The highest BCUT2D eigenvalue weighted by atomic mass is 19.4. The quantitative estimate of drug-likeness (QED) is 0.545. The van der Waals surface area contributed by atoms with Gasteiger partial charge in [-0.3, -0.25) is 4.79 Å². The molecule has 170 valence electrons. The predicted molar refractivity (Wildman–Crippen MR) is 109 cm³/mol. The summed E-state index contributed by atoms with van der Waals surface area (Å²) in [6.45, 7) is 6.72. The van der Waals surface area contributed by atoms with Gasteiger partial charge in [0.05, 0.1) is 24.3 Å². The van der Waals surface area contributed by atoms with Crippen molar-refractivity contribution in [2.45, 2.75) is 58.4 Å². The van der Waals surface area contributed by atoms with Gasteiger partial charge >= 0.3 is 12.1 Å². The molecule has 2 rings (SSSR count). The summed E-state index contributed by atoms with van der Waals surface area (Å²) in [6.07, 6.45) is -0.656. The highest BCUT2D eigenvalue weighted by Crippen LogP contribution is 2.34. The summed E-state index contributed by atoms with van der Waals surface area (Å²) >= 11 is 0. The molecule has 1 N–H and O–H groups in total. The van der Waals surface area contributed by atoms with Crippen LogP contribution in [0.4, 0.5) is 13.2 Å². The van der Waals surface area contributed by atoms with E-state index < -0.39 is 29.4 Å². The first-order valence-electron chi connectivity index (χ1n) is 9.84. The number of hydrogen-bond acceptors (Lipinski definition) is 4. The molecule has 5 nitrogen and oxygen atoms in total. The van der Waals surface area contributed by atoms with Crippen molar-refractivity contribution in [3.63, 3.8) is 0 Å². The van der Waals surface area contributed by atoms with Crippen LogP contribution in [0.5, 0.6) is 5.75 Å². The molecular weight excluding hydrogens is 413 g/mol. The first-order chi connectivity index (χ1) is 14.3. The Hall–Kier alpha value is -2.61. The molecule has 0 spiro atoms. The van der Waals surface area contributed by atoms with Gasteiger partial charge in [-0.05, 0) is 51.0 Å². The van der Waals surface area contributed by atoms with E-state index in [0.717, 1.165) is 29.3 Å². The Balaban J connectivity index is 2.10. The number of hydrogen-bond donors (Lipinski definition) is 1. The monoisotopic (exact) mass is 440 g/mol. The van der Waals surface area contributed by atoms with Crippen LogP contribution in [-0.2, 0) is 15.7 Å². The van der Waals surface area contributed by atoms with Gasteiger partial charge in [-0.1, -0.05) is 24.6 Å². The maximum absolute atomic E-state index is 12.9. The van der Waals surface area contributed by atoms with Crippen LogP contribution in [0.25, 0.3) is 0 Å². The van der Waals surface area contributed by atoms with Crippen LogP contribution in [0, 0.1) is 5.92 Å². The summed E-state index contributed by atoms with van der Waals surface area (Å²) in [5.74, 6) is -1.59. The molecule has 8 heteroatoms. The fourth-order valence-corrected chi connectivity index (χ4v) is 3.48. The summed E-state index contributed by atoms with van der Waals surface area (Å²) in [4.78, 5) is 24.0. The number of carbonyl (C=O) groups excluding carboxylic acids is 1. The van der Waals surface area contributed by atoms with E-state index in [4.69, 9.17) is 9.47 Å². The van der Waals surface area contributed by atoms with Crippen molar-refractivity contribution >= 4 is 11.8 Å². The Bertz CT molecular complexity index is 912. The number of carboxylic acids is 1. The molecule has 2 atom stereocenters. The molecule has 0 amide bonds. The van der Waals surface area contributed by atoms with Crippen LogP contribution in [0.2, 0.25) is 0 Å². The predicted octanol–water partition coefficient (Wildman–Crippen LogP) is 5.45. The van der Waals surface area contributed by atoms with E-state index in [1.807, 2.05) is 26.0 Å². The van der Waals surface area contributed by atoms with E-state index in [-0.39, 0.29) is 29.4 Å². The van der Waals surface area contributed by atoms with Crippen molar-refractivity contribution < 1.29 is 37.3 Å². The number of ether oxygens (including phenoxy) is 2. The lowest BCUT2D eigenvalue weighted by atomic mass is 9.86. The molecule has 0 saturated carbocycles. The van der Waals surface area contributed by atoms with E-state index in [9.17, 15) is 27.9 Å². The Morgan fingerprint density at radius 2 is 1.84 bits per heavy atom. The number of benzene rings is 1. The van der Waals surface area contributed by atoms with Crippen LogP contribution < -0.4 is 4.74 Å². The number of ketones is 1. The van der Waals surface area contributed by atoms with Gasteiger partial charge in [0.15, 0.2) is 11.4 Å². The highest BCUT2D eigenvalue weighted by molar-refractivity contribution is 5.98. The summed E-state index contributed by atoms with van der Waals surface area (Å²) in [6, 6.07) is 2.83. The topological polar surface area (TPSA) is 72.8 Å². The summed E-state index contributed by atoms with van der Waals surface area (Å²) in [7, 11) is 1.22. The molecule has 0 radical (unpaired) electrons. The molecule has 31 heavy (non-hydrogen) atoms. The third-order valence-corrected chi connectivity index (χ3v) is 5.22. The molecule has 1 aliphatic carbocycles. The molecule has 0 fully saturated rings. The largest absolute Gasteiger partial charge is 0.496 e. The molecule has 0 aromatic heterocycles. The first kappa shape index (κ1) is 24.7. The van der Waals surface area contributed by atoms with E-state index in [2.05, 4.69) is 0 Å². The van der Waals surface area contributed by atoms with Gasteiger partial charge in [-0.25, -0.2) is 4.79 Å². The number of alkyl halides is 3. The first-order valence-corrected chi connectivity index (χ1v) is 9.84. The van der Waals surface area contributed by atoms with E-state index in [0.29, 0.717) is 6.42 Å². The van der Waals surface area contributed by atoms with Gasteiger partial charge in [0.25, 0.3) is 0 Å². The van der Waals surface area contributed by atoms with Crippen molar-refractivity contribution in [1.29, 1.82) is 0 Å². The second kappa shape index (κ2) is 9.26. The molecule has 0 bridgehead atoms. The summed E-state index contributed by atoms with van der Waals surface area (Å²) in [5, 5.41) is 9.28. The number of carboxylic acid groups (broad SMARTS) is 1. The number of rotatable bonds is 8. The maximum atomic E-state index is 12.9. The third-order valence-electron chi connectivity index (χ3n) is 5.22. The minimum absolute atomic E-state index is 0.0935. The maximum Gasteiger partial charge on any atom is 0.416 e. The minimum atomic E-state index is -4.52. The van der Waals surface area contributed by atoms with Gasteiger partial charge in [-0.2, -0.15) is 13.2 Å². The van der Waals surface area contributed by atoms with Gasteiger partial charge in [0.1, 0.15) is 5.75 Å². The van der Waals surface area contributed by atoms with Crippen LogP contribution in [0.1, 0.15) is 56.5 Å². The molecule has 1 aliphatic rings. The van der Waals surface area contributed by atoms with Gasteiger partial charge in [-0.15, -0.1) is 0 Å². The molecule has 2 unspecified atom stereocenters. The number of halogens is 3. The van der Waals surface area contributed by atoms with Crippen LogP contribution >= 0.6 is 0 Å². The second-order valence-electron chi connectivity index (χ2n) is 8.18. The van der Waals surface area contributed by atoms with E-state index >= 15 is 0 Å². The average molecular weight is 440 g/mol. The van der Waals surface area contributed by atoms with Crippen LogP contribution in [0.15, 0.2) is 41.5 Å². The molecule has 0 aliphatic heterocycles. The van der Waals surface area contributed by atoms with Crippen molar-refractivity contribution in [2.24, 2.45) is 5.92 Å². The lowest BCUT2D eigenvalue weighted by molar-refractivity contribution is -0.167. The van der Waals surface area contributed by atoms with Gasteiger partial charge in [0, 0.05) is 12.3 Å². The number of carbonyl (C=O) groups is 2. The van der Waals surface area contributed by atoms with Crippen LogP contribution in [0.3, 0.4) is 0 Å². The summed E-state index contributed by atoms with van der Waals surface area (Å²) in [5.41, 5.74) is -0.381. The zero-order chi connectivity index (χ0) is 23.6. The Morgan fingerprint density at radius 3 is 2.35 bits per heavy atom. The highest BCUT2D eigenvalue weighted by Gasteiger charge is 2.35. The smallest absolute Gasteiger partial charge is 0.416 e. The molecule has 1 aromatic rings.